The molecule has 0 bridgehead atoms. The molecule has 8 nitrogen and oxygen atoms in total. The zero-order chi connectivity index (χ0) is 19.7. The van der Waals surface area contributed by atoms with Crippen LogP contribution in [0.15, 0.2) is 53.0 Å². The molecule has 0 aliphatic rings. The quantitative estimate of drug-likeness (QED) is 0.504. The largest absolute Gasteiger partial charge is 0.318 e. The lowest BCUT2D eigenvalue weighted by Gasteiger charge is -2.08. The first-order valence-electron chi connectivity index (χ1n) is 8.19. The van der Waals surface area contributed by atoms with Crippen LogP contribution in [0.4, 0.5) is 10.1 Å². The van der Waals surface area contributed by atoms with Gasteiger partial charge in [-0.3, -0.25) is 9.89 Å². The molecule has 0 aliphatic heterocycles. The first-order chi connectivity index (χ1) is 13.5. The van der Waals surface area contributed by atoms with Crippen LogP contribution in [0, 0.1) is 12.7 Å². The van der Waals surface area contributed by atoms with E-state index >= 15 is 0 Å². The third-order valence-electron chi connectivity index (χ3n) is 4.03. The van der Waals surface area contributed by atoms with E-state index in [0.717, 1.165) is 10.0 Å². The Kier molecular flexibility index (Phi) is 4.70. The number of hydrogen-bond donors (Lipinski definition) is 2. The Morgan fingerprint density at radius 2 is 1.96 bits per heavy atom. The Labute approximate surface area is 166 Å². The van der Waals surface area contributed by atoms with E-state index in [4.69, 9.17) is 0 Å². The molecule has 10 heteroatoms. The Bertz CT molecular complexity index is 1150. The molecule has 140 valence electrons. The highest BCUT2D eigenvalue weighted by Gasteiger charge is 2.15. The maximum atomic E-state index is 14.2. The second-order valence-electron chi connectivity index (χ2n) is 5.93. The van der Waals surface area contributed by atoms with Crippen LogP contribution < -0.4 is 5.32 Å². The number of amides is 1. The van der Waals surface area contributed by atoms with Crippen molar-refractivity contribution in [3.8, 4) is 16.9 Å². The van der Waals surface area contributed by atoms with Crippen molar-refractivity contribution in [1.29, 1.82) is 0 Å². The van der Waals surface area contributed by atoms with Gasteiger partial charge in [-0.15, -0.1) is 5.10 Å². The van der Waals surface area contributed by atoms with Crippen molar-refractivity contribution in [2.75, 3.05) is 5.32 Å². The van der Waals surface area contributed by atoms with Gasteiger partial charge in [0.15, 0.2) is 5.82 Å². The number of rotatable bonds is 4. The predicted molar refractivity (Wildman–Crippen MR) is 104 cm³/mol. The average molecular weight is 442 g/mol. The summed E-state index contributed by atoms with van der Waals surface area (Å²) in [5.74, 6) is -0.549. The van der Waals surface area contributed by atoms with Crippen molar-refractivity contribution in [3.05, 3.63) is 70.3 Å². The van der Waals surface area contributed by atoms with Crippen LogP contribution >= 0.6 is 15.9 Å². The number of carbonyl (C=O) groups is 1. The minimum absolute atomic E-state index is 0.0113. The highest BCUT2D eigenvalue weighted by molar-refractivity contribution is 9.10. The number of aromatic amines is 1. The number of anilines is 1. The summed E-state index contributed by atoms with van der Waals surface area (Å²) >= 11 is 3.37. The molecule has 1 amide bonds. The van der Waals surface area contributed by atoms with E-state index in [0.29, 0.717) is 17.2 Å². The number of aryl methyl sites for hydroxylation is 1. The molecular weight excluding hydrogens is 429 g/mol. The highest BCUT2D eigenvalue weighted by Crippen LogP contribution is 2.22. The summed E-state index contributed by atoms with van der Waals surface area (Å²) in [6.07, 6.45) is 0. The number of halogens is 2. The lowest BCUT2D eigenvalue weighted by atomic mass is 10.1. The maximum Gasteiger partial charge on any atom is 0.273 e. The van der Waals surface area contributed by atoms with Crippen LogP contribution in [0.3, 0.4) is 0 Å². The van der Waals surface area contributed by atoms with Crippen LogP contribution in [-0.2, 0) is 0 Å². The van der Waals surface area contributed by atoms with E-state index in [2.05, 4.69) is 47.0 Å². The van der Waals surface area contributed by atoms with Crippen LogP contribution in [-0.4, -0.2) is 36.3 Å². The van der Waals surface area contributed by atoms with Gasteiger partial charge < -0.3 is 5.32 Å². The molecule has 28 heavy (non-hydrogen) atoms. The molecule has 2 N–H and O–H groups in total. The molecule has 0 radical (unpaired) electrons. The summed E-state index contributed by atoms with van der Waals surface area (Å²) in [6, 6.07) is 13.3. The van der Waals surface area contributed by atoms with Gasteiger partial charge in [-0.1, -0.05) is 28.1 Å². The van der Waals surface area contributed by atoms with Crippen molar-refractivity contribution in [1.82, 2.24) is 30.4 Å². The fourth-order valence-electron chi connectivity index (χ4n) is 2.61. The van der Waals surface area contributed by atoms with E-state index in [1.807, 2.05) is 24.3 Å². The molecule has 2 aromatic heterocycles. The van der Waals surface area contributed by atoms with Gasteiger partial charge in [-0.2, -0.15) is 9.78 Å². The summed E-state index contributed by atoms with van der Waals surface area (Å²) in [5.41, 5.74) is 2.20. The molecule has 4 aromatic rings. The van der Waals surface area contributed by atoms with Crippen molar-refractivity contribution in [2.45, 2.75) is 6.92 Å². The summed E-state index contributed by atoms with van der Waals surface area (Å²) in [7, 11) is 0. The number of nitrogens with zero attached hydrogens (tertiary/aromatic N) is 5. The van der Waals surface area contributed by atoms with Gasteiger partial charge in [-0.25, -0.2) is 4.39 Å². The number of tetrazole rings is 1. The predicted octanol–water partition coefficient (Wildman–Crippen LogP) is 3.51. The van der Waals surface area contributed by atoms with Crippen LogP contribution in [0.1, 0.15) is 16.3 Å². The molecule has 0 saturated heterocycles. The lowest BCUT2D eigenvalue weighted by Crippen LogP contribution is -2.14. The van der Waals surface area contributed by atoms with E-state index in [1.165, 1.54) is 22.9 Å². The first-order valence-corrected chi connectivity index (χ1v) is 8.98. The van der Waals surface area contributed by atoms with E-state index in [1.54, 1.807) is 13.0 Å². The molecular formula is C18H13BrFN7O. The molecule has 0 spiro atoms. The fourth-order valence-corrected chi connectivity index (χ4v) is 2.87. The second kappa shape index (κ2) is 7.31. The number of benzene rings is 2. The monoisotopic (exact) mass is 441 g/mol. The van der Waals surface area contributed by atoms with Crippen molar-refractivity contribution in [3.63, 3.8) is 0 Å². The minimum atomic E-state index is -0.574. The highest BCUT2D eigenvalue weighted by atomic mass is 79.9. The van der Waals surface area contributed by atoms with Crippen molar-refractivity contribution < 1.29 is 9.18 Å². The third-order valence-corrected chi connectivity index (χ3v) is 4.56. The molecule has 0 fully saturated rings. The van der Waals surface area contributed by atoms with Gasteiger partial charge in [0, 0.05) is 10.0 Å². The topological polar surface area (TPSA) is 101 Å². The average Bonchev–Trinajstić information content (AvgIpc) is 3.33. The van der Waals surface area contributed by atoms with Crippen LogP contribution in [0.5, 0.6) is 0 Å². The Hall–Kier alpha value is -3.40. The molecule has 4 rings (SSSR count). The molecule has 0 aliphatic carbocycles. The number of aromatic nitrogens is 6. The normalized spacial score (nSPS) is 10.8. The Morgan fingerprint density at radius 3 is 2.68 bits per heavy atom. The lowest BCUT2D eigenvalue weighted by molar-refractivity contribution is 0.102. The number of nitrogens with one attached hydrogen (secondary N) is 2. The second-order valence-corrected chi connectivity index (χ2v) is 6.85. The zero-order valence-corrected chi connectivity index (χ0v) is 16.1. The van der Waals surface area contributed by atoms with Crippen LogP contribution in [0.2, 0.25) is 0 Å². The van der Waals surface area contributed by atoms with Crippen LogP contribution in [0.25, 0.3) is 16.9 Å². The van der Waals surface area contributed by atoms with Crippen molar-refractivity contribution >= 4 is 27.5 Å². The van der Waals surface area contributed by atoms with E-state index in [9.17, 15) is 9.18 Å². The Morgan fingerprint density at radius 1 is 1.18 bits per heavy atom. The number of H-pyrrole nitrogens is 1. The molecule has 0 unspecified atom stereocenters. The number of hydrogen-bond acceptors (Lipinski definition) is 5. The first kappa shape index (κ1) is 18.0. The summed E-state index contributed by atoms with van der Waals surface area (Å²) in [6.45, 7) is 1.72. The summed E-state index contributed by atoms with van der Waals surface area (Å²) < 4.78 is 16.6. The number of carbonyl (C=O) groups excluding carboxylic acids is 1. The molecule has 2 aromatic carbocycles. The zero-order valence-electron chi connectivity index (χ0n) is 14.5. The fraction of sp³-hybridized carbons (Fsp3) is 0.0556. The van der Waals surface area contributed by atoms with Gasteiger partial charge in [0.1, 0.15) is 11.5 Å². The smallest absolute Gasteiger partial charge is 0.273 e. The molecule has 0 saturated carbocycles. The third kappa shape index (κ3) is 3.54. The minimum Gasteiger partial charge on any atom is -0.318 e. The van der Waals surface area contributed by atoms with Gasteiger partial charge in [0.2, 0.25) is 0 Å². The molecule has 0 atom stereocenters. The summed E-state index contributed by atoms with van der Waals surface area (Å²) in [5, 5.41) is 20.6. The van der Waals surface area contributed by atoms with Gasteiger partial charge in [0.05, 0.1) is 17.1 Å². The van der Waals surface area contributed by atoms with Gasteiger partial charge in [0.25, 0.3) is 5.91 Å². The Balaban J connectivity index is 1.57. The standard InChI is InChI=1S/C18H13BrFN7O/c1-10-22-25-26-27(10)13-6-7-14(20)16(8-13)21-18(28)17-9-15(23-24-17)11-2-4-12(19)5-3-11/h2-9H,1H3,(H,21,28)(H,23,24). The molecule has 2 heterocycles. The van der Waals surface area contributed by atoms with Gasteiger partial charge in [-0.05, 0) is 53.7 Å². The maximum absolute atomic E-state index is 14.2. The summed E-state index contributed by atoms with van der Waals surface area (Å²) in [4.78, 5) is 12.5. The van der Waals surface area contributed by atoms with Gasteiger partial charge >= 0.3 is 0 Å². The SMILES string of the molecule is Cc1nnnn1-c1ccc(F)c(NC(=O)c2cc(-c3ccc(Br)cc3)n[nH]2)c1. The van der Waals surface area contributed by atoms with E-state index < -0.39 is 11.7 Å². The van der Waals surface area contributed by atoms with E-state index in [-0.39, 0.29) is 11.4 Å². The van der Waals surface area contributed by atoms with Crippen molar-refractivity contribution in [2.24, 2.45) is 0 Å².